The average molecular weight is 388 g/mol. The molecule has 2 aromatic rings. The van der Waals surface area contributed by atoms with Crippen LogP contribution in [-0.2, 0) is 16.6 Å². The van der Waals surface area contributed by atoms with Crippen molar-refractivity contribution in [3.05, 3.63) is 53.5 Å². The molecule has 0 radical (unpaired) electrons. The van der Waals surface area contributed by atoms with Gasteiger partial charge in [0.2, 0.25) is 0 Å². The van der Waals surface area contributed by atoms with E-state index in [-0.39, 0.29) is 6.03 Å². The summed E-state index contributed by atoms with van der Waals surface area (Å²) in [7, 11) is 4.78. The number of ether oxygens (including phenoxy) is 2. The van der Waals surface area contributed by atoms with Gasteiger partial charge in [0.15, 0.2) is 5.16 Å². The number of hydrogen-bond acceptors (Lipinski definition) is 6. The SMILES string of the molecule is COC(=O)C1=C(CSc2nccn2C)NC(=O)N[C@@H]1c1ccc(OC)cc1. The van der Waals surface area contributed by atoms with E-state index in [0.29, 0.717) is 22.8 Å². The Bertz CT molecular complexity index is 876. The van der Waals surface area contributed by atoms with Gasteiger partial charge in [-0.05, 0) is 17.7 Å². The molecule has 3 rings (SSSR count). The number of rotatable bonds is 6. The topological polar surface area (TPSA) is 94.5 Å². The van der Waals surface area contributed by atoms with Crippen LogP contribution in [0.1, 0.15) is 11.6 Å². The zero-order valence-corrected chi connectivity index (χ0v) is 16.0. The van der Waals surface area contributed by atoms with Crippen LogP contribution in [0.5, 0.6) is 5.75 Å². The van der Waals surface area contributed by atoms with Gasteiger partial charge in [-0.3, -0.25) is 0 Å². The standard InChI is InChI=1S/C18H20N4O4S/c1-22-9-8-19-18(22)27-10-13-14(16(23)26-3)15(21-17(24)20-13)11-4-6-12(25-2)7-5-11/h4-9,15H,10H2,1-3H3,(H2,20,21,24)/t15-/m1/s1. The maximum atomic E-state index is 12.5. The zero-order chi connectivity index (χ0) is 19.4. The fraction of sp³-hybridized carbons (Fsp3) is 0.278. The van der Waals surface area contributed by atoms with Crippen LogP contribution in [0.15, 0.2) is 53.1 Å². The summed E-state index contributed by atoms with van der Waals surface area (Å²) in [5, 5.41) is 6.30. The number of thioether (sulfide) groups is 1. The van der Waals surface area contributed by atoms with Gasteiger partial charge in [-0.1, -0.05) is 23.9 Å². The van der Waals surface area contributed by atoms with E-state index in [1.807, 2.05) is 29.9 Å². The highest BCUT2D eigenvalue weighted by molar-refractivity contribution is 7.99. The lowest BCUT2D eigenvalue weighted by Crippen LogP contribution is -2.46. The molecule has 0 saturated heterocycles. The lowest BCUT2D eigenvalue weighted by molar-refractivity contribution is -0.136. The van der Waals surface area contributed by atoms with Crippen LogP contribution in [0.2, 0.25) is 0 Å². The lowest BCUT2D eigenvalue weighted by atomic mass is 9.95. The Labute approximate surface area is 160 Å². The van der Waals surface area contributed by atoms with Crippen molar-refractivity contribution in [2.45, 2.75) is 11.2 Å². The van der Waals surface area contributed by atoms with Crippen molar-refractivity contribution in [2.24, 2.45) is 7.05 Å². The predicted molar refractivity (Wildman–Crippen MR) is 100 cm³/mol. The number of benzene rings is 1. The molecule has 1 aliphatic heterocycles. The highest BCUT2D eigenvalue weighted by Crippen LogP contribution is 2.31. The molecule has 8 nitrogen and oxygen atoms in total. The first-order valence-electron chi connectivity index (χ1n) is 8.16. The molecule has 0 unspecified atom stereocenters. The Morgan fingerprint density at radius 3 is 2.63 bits per heavy atom. The van der Waals surface area contributed by atoms with Gasteiger partial charge in [0, 0.05) is 30.9 Å². The van der Waals surface area contributed by atoms with E-state index in [4.69, 9.17) is 9.47 Å². The molecular weight excluding hydrogens is 368 g/mol. The number of hydrogen-bond donors (Lipinski definition) is 2. The van der Waals surface area contributed by atoms with E-state index < -0.39 is 12.0 Å². The second kappa shape index (κ2) is 8.17. The molecule has 1 atom stereocenters. The number of amides is 2. The number of aromatic nitrogens is 2. The molecule has 0 bridgehead atoms. The maximum absolute atomic E-state index is 12.5. The minimum Gasteiger partial charge on any atom is -0.497 e. The molecule has 0 saturated carbocycles. The van der Waals surface area contributed by atoms with Crippen LogP contribution >= 0.6 is 11.8 Å². The molecule has 1 aromatic heterocycles. The number of carbonyl (C=O) groups excluding carboxylic acids is 2. The smallest absolute Gasteiger partial charge is 0.338 e. The second-order valence-electron chi connectivity index (χ2n) is 5.80. The van der Waals surface area contributed by atoms with E-state index in [9.17, 15) is 9.59 Å². The Morgan fingerprint density at radius 1 is 1.30 bits per heavy atom. The molecular formula is C18H20N4O4S. The quantitative estimate of drug-likeness (QED) is 0.581. The van der Waals surface area contributed by atoms with Gasteiger partial charge >= 0.3 is 12.0 Å². The average Bonchev–Trinajstić information content (AvgIpc) is 3.10. The van der Waals surface area contributed by atoms with Crippen molar-refractivity contribution in [3.8, 4) is 5.75 Å². The Morgan fingerprint density at radius 2 is 2.04 bits per heavy atom. The van der Waals surface area contributed by atoms with E-state index in [2.05, 4.69) is 15.6 Å². The van der Waals surface area contributed by atoms with Gasteiger partial charge < -0.3 is 24.7 Å². The van der Waals surface area contributed by atoms with Crippen molar-refractivity contribution in [2.75, 3.05) is 20.0 Å². The first kappa shape index (κ1) is 18.8. The monoisotopic (exact) mass is 388 g/mol. The molecule has 27 heavy (non-hydrogen) atoms. The first-order valence-corrected chi connectivity index (χ1v) is 9.15. The van der Waals surface area contributed by atoms with E-state index >= 15 is 0 Å². The van der Waals surface area contributed by atoms with Crippen molar-refractivity contribution < 1.29 is 19.1 Å². The lowest BCUT2D eigenvalue weighted by Gasteiger charge is -2.29. The second-order valence-corrected chi connectivity index (χ2v) is 6.74. The summed E-state index contributed by atoms with van der Waals surface area (Å²) in [6.07, 6.45) is 3.53. The number of nitrogens with one attached hydrogen (secondary N) is 2. The number of esters is 1. The number of nitrogens with zero attached hydrogens (tertiary/aromatic N) is 2. The van der Waals surface area contributed by atoms with Crippen LogP contribution in [0, 0.1) is 0 Å². The summed E-state index contributed by atoms with van der Waals surface area (Å²) in [4.78, 5) is 28.9. The van der Waals surface area contributed by atoms with Crippen LogP contribution in [-0.4, -0.2) is 41.5 Å². The highest BCUT2D eigenvalue weighted by Gasteiger charge is 2.33. The normalized spacial score (nSPS) is 16.6. The fourth-order valence-electron chi connectivity index (χ4n) is 2.76. The van der Waals surface area contributed by atoms with Crippen LogP contribution in [0.4, 0.5) is 4.79 Å². The molecule has 2 heterocycles. The van der Waals surface area contributed by atoms with Crippen LogP contribution < -0.4 is 15.4 Å². The Hall–Kier alpha value is -2.94. The fourth-order valence-corrected chi connectivity index (χ4v) is 3.66. The van der Waals surface area contributed by atoms with E-state index in [1.54, 1.807) is 25.4 Å². The van der Waals surface area contributed by atoms with Gasteiger partial charge in [-0.15, -0.1) is 0 Å². The van der Waals surface area contributed by atoms with Crippen molar-refractivity contribution in [3.63, 3.8) is 0 Å². The molecule has 142 valence electrons. The van der Waals surface area contributed by atoms with Crippen LogP contribution in [0.3, 0.4) is 0 Å². The molecule has 0 spiro atoms. The number of imidazole rings is 1. The predicted octanol–water partition coefficient (Wildman–Crippen LogP) is 2.00. The molecule has 0 aliphatic carbocycles. The van der Waals surface area contributed by atoms with Crippen LogP contribution in [0.25, 0.3) is 0 Å². The summed E-state index contributed by atoms with van der Waals surface area (Å²) < 4.78 is 12.0. The summed E-state index contributed by atoms with van der Waals surface area (Å²) in [5.41, 5.74) is 1.62. The molecule has 1 aromatic carbocycles. The Kier molecular flexibility index (Phi) is 5.70. The zero-order valence-electron chi connectivity index (χ0n) is 15.2. The van der Waals surface area contributed by atoms with Gasteiger partial charge in [0.25, 0.3) is 0 Å². The molecule has 0 fully saturated rings. The number of carbonyl (C=O) groups is 2. The highest BCUT2D eigenvalue weighted by atomic mass is 32.2. The summed E-state index contributed by atoms with van der Waals surface area (Å²) in [6.45, 7) is 0. The minimum absolute atomic E-state index is 0.365. The minimum atomic E-state index is -0.617. The summed E-state index contributed by atoms with van der Waals surface area (Å²) in [6, 6.07) is 6.18. The molecule has 1 aliphatic rings. The maximum Gasteiger partial charge on any atom is 0.338 e. The van der Waals surface area contributed by atoms with Crippen molar-refractivity contribution in [1.82, 2.24) is 20.2 Å². The Balaban J connectivity index is 1.96. The van der Waals surface area contributed by atoms with Crippen molar-refractivity contribution >= 4 is 23.8 Å². The van der Waals surface area contributed by atoms with Crippen molar-refractivity contribution in [1.29, 1.82) is 0 Å². The number of urea groups is 1. The summed E-state index contributed by atoms with van der Waals surface area (Å²) in [5.74, 6) is 0.557. The molecule has 9 heteroatoms. The third kappa shape index (κ3) is 4.08. The van der Waals surface area contributed by atoms with E-state index in [0.717, 1.165) is 10.7 Å². The number of methoxy groups -OCH3 is 2. The molecule has 2 amide bonds. The van der Waals surface area contributed by atoms with Gasteiger partial charge in [0.05, 0.1) is 25.8 Å². The third-order valence-corrected chi connectivity index (χ3v) is 5.22. The number of aryl methyl sites for hydroxylation is 1. The third-order valence-electron chi connectivity index (χ3n) is 4.13. The van der Waals surface area contributed by atoms with E-state index in [1.165, 1.54) is 18.9 Å². The first-order chi connectivity index (χ1) is 13.0. The molecule has 2 N–H and O–H groups in total. The van der Waals surface area contributed by atoms with Gasteiger partial charge in [-0.2, -0.15) is 0 Å². The van der Waals surface area contributed by atoms with Gasteiger partial charge in [-0.25, -0.2) is 14.6 Å². The largest absolute Gasteiger partial charge is 0.497 e. The summed E-state index contributed by atoms with van der Waals surface area (Å²) >= 11 is 1.42. The van der Waals surface area contributed by atoms with Gasteiger partial charge in [0.1, 0.15) is 5.75 Å².